The Bertz CT molecular complexity index is 1630. The molecule has 3 aromatic carbocycles. The molecule has 0 saturated carbocycles. The molecular formula is C31H27Cl3N4O4. The number of rotatable bonds is 10. The predicted octanol–water partition coefficient (Wildman–Crippen LogP) is 4.74. The molecule has 8 nitrogen and oxygen atoms in total. The van der Waals surface area contributed by atoms with E-state index in [1.54, 1.807) is 18.3 Å². The fourth-order valence-electron chi connectivity index (χ4n) is 5.09. The Morgan fingerprint density at radius 3 is 2.38 bits per heavy atom. The molecule has 2 heterocycles. The maximum atomic E-state index is 13.7. The van der Waals surface area contributed by atoms with Crippen molar-refractivity contribution >= 4 is 69.2 Å². The van der Waals surface area contributed by atoms with Crippen LogP contribution in [0.4, 0.5) is 0 Å². The standard InChI is InChI=1S/C31H27Cl3N4O4/c32-23-10-19(11-24(33)29(23)34)14-36-30(41)22(13-20-15-35-25-9-5-4-8-21(20)25)27(39)16-38-17-28(40)37-26(31(38)42)12-18-6-2-1-3-7-18/h1-11,15,22,26,35H,12-14,16-17H2,(H,36,41)(H,37,40). The number of ketones is 1. The normalized spacial score (nSPS) is 15.9. The number of hydrogen-bond acceptors (Lipinski definition) is 4. The summed E-state index contributed by atoms with van der Waals surface area (Å²) in [6, 6.07) is 19.3. The third-order valence-electron chi connectivity index (χ3n) is 7.22. The van der Waals surface area contributed by atoms with Crippen LogP contribution in [0.15, 0.2) is 72.9 Å². The number of nitrogens with zero attached hydrogens (tertiary/aromatic N) is 1. The number of nitrogens with one attached hydrogen (secondary N) is 3. The van der Waals surface area contributed by atoms with E-state index < -0.39 is 23.7 Å². The van der Waals surface area contributed by atoms with Crippen molar-refractivity contribution in [1.29, 1.82) is 0 Å². The van der Waals surface area contributed by atoms with E-state index in [1.807, 2.05) is 54.6 Å². The van der Waals surface area contributed by atoms with Crippen LogP contribution >= 0.6 is 34.8 Å². The van der Waals surface area contributed by atoms with Crippen LogP contribution in [0.2, 0.25) is 15.1 Å². The zero-order valence-corrected chi connectivity index (χ0v) is 24.6. The van der Waals surface area contributed by atoms with Crippen LogP contribution < -0.4 is 10.6 Å². The first-order valence-corrected chi connectivity index (χ1v) is 14.4. The lowest BCUT2D eigenvalue weighted by Gasteiger charge is -2.33. The zero-order chi connectivity index (χ0) is 29.8. The lowest BCUT2D eigenvalue weighted by atomic mass is 9.93. The van der Waals surface area contributed by atoms with Crippen molar-refractivity contribution in [3.8, 4) is 0 Å². The zero-order valence-electron chi connectivity index (χ0n) is 22.3. The Kier molecular flexibility index (Phi) is 9.16. The number of H-pyrrole nitrogens is 1. The summed E-state index contributed by atoms with van der Waals surface area (Å²) < 4.78 is 0. The molecule has 0 radical (unpaired) electrons. The molecule has 0 spiro atoms. The second-order valence-electron chi connectivity index (χ2n) is 10.2. The highest BCUT2D eigenvalue weighted by Gasteiger charge is 2.36. The number of carbonyl (C=O) groups is 4. The minimum atomic E-state index is -1.13. The number of para-hydroxylation sites is 1. The van der Waals surface area contributed by atoms with Gasteiger partial charge in [-0.1, -0.05) is 83.3 Å². The monoisotopic (exact) mass is 624 g/mol. The quantitative estimate of drug-likeness (QED) is 0.175. The molecule has 1 aromatic heterocycles. The molecular weight excluding hydrogens is 599 g/mol. The number of Topliss-reactive ketones (excluding diaryl/α,β-unsaturated/α-hetero) is 1. The highest BCUT2D eigenvalue weighted by Crippen LogP contribution is 2.31. The number of benzene rings is 3. The van der Waals surface area contributed by atoms with E-state index in [9.17, 15) is 19.2 Å². The highest BCUT2D eigenvalue weighted by molar-refractivity contribution is 6.48. The van der Waals surface area contributed by atoms with Gasteiger partial charge < -0.3 is 20.5 Å². The van der Waals surface area contributed by atoms with Gasteiger partial charge in [-0.05, 0) is 41.3 Å². The van der Waals surface area contributed by atoms with E-state index in [2.05, 4.69) is 15.6 Å². The average Bonchev–Trinajstić information content (AvgIpc) is 3.39. The third-order valence-corrected chi connectivity index (χ3v) is 8.42. The molecule has 2 unspecified atom stereocenters. The minimum Gasteiger partial charge on any atom is -0.361 e. The van der Waals surface area contributed by atoms with Gasteiger partial charge in [0.1, 0.15) is 18.5 Å². The van der Waals surface area contributed by atoms with E-state index in [1.165, 1.54) is 4.90 Å². The topological polar surface area (TPSA) is 111 Å². The van der Waals surface area contributed by atoms with Gasteiger partial charge in [-0.2, -0.15) is 0 Å². The Morgan fingerprint density at radius 1 is 0.952 bits per heavy atom. The number of aromatic nitrogens is 1. The van der Waals surface area contributed by atoms with Gasteiger partial charge in [-0.25, -0.2) is 0 Å². The first-order valence-electron chi connectivity index (χ1n) is 13.3. The molecule has 2 atom stereocenters. The SMILES string of the molecule is O=C1CN(CC(=O)C(Cc2c[nH]c3ccccc23)C(=O)NCc2cc(Cl)c(Cl)c(Cl)c2)C(=O)C(Cc2ccccc2)N1. The lowest BCUT2D eigenvalue weighted by Crippen LogP contribution is -2.60. The Morgan fingerprint density at radius 2 is 1.64 bits per heavy atom. The van der Waals surface area contributed by atoms with Crippen molar-refractivity contribution < 1.29 is 19.2 Å². The van der Waals surface area contributed by atoms with Crippen LogP contribution in [-0.2, 0) is 38.6 Å². The summed E-state index contributed by atoms with van der Waals surface area (Å²) in [6.07, 6.45) is 2.16. The Hall–Kier alpha value is -3.85. The van der Waals surface area contributed by atoms with Gasteiger partial charge in [0, 0.05) is 30.1 Å². The fraction of sp³-hybridized carbons (Fsp3) is 0.226. The Labute approximate surface area is 257 Å². The van der Waals surface area contributed by atoms with Gasteiger partial charge in [0.15, 0.2) is 5.78 Å². The Balaban J connectivity index is 1.35. The first kappa shape index (κ1) is 29.6. The predicted molar refractivity (Wildman–Crippen MR) is 162 cm³/mol. The molecule has 0 aliphatic carbocycles. The maximum absolute atomic E-state index is 13.7. The van der Waals surface area contributed by atoms with E-state index in [-0.39, 0.29) is 52.9 Å². The van der Waals surface area contributed by atoms with Gasteiger partial charge >= 0.3 is 0 Å². The van der Waals surface area contributed by atoms with Crippen molar-refractivity contribution in [2.75, 3.05) is 13.1 Å². The van der Waals surface area contributed by atoms with Crippen molar-refractivity contribution in [3.63, 3.8) is 0 Å². The number of aromatic amines is 1. The molecule has 4 aromatic rings. The molecule has 11 heteroatoms. The number of halogens is 3. The van der Waals surface area contributed by atoms with Gasteiger partial charge in [0.25, 0.3) is 0 Å². The van der Waals surface area contributed by atoms with E-state index in [0.29, 0.717) is 12.0 Å². The molecule has 1 aliphatic heterocycles. The minimum absolute atomic E-state index is 0.0529. The molecule has 3 amide bonds. The number of hydrogen-bond donors (Lipinski definition) is 3. The molecule has 42 heavy (non-hydrogen) atoms. The number of amides is 3. The summed E-state index contributed by atoms with van der Waals surface area (Å²) in [5.74, 6) is -2.87. The smallest absolute Gasteiger partial charge is 0.246 e. The van der Waals surface area contributed by atoms with E-state index >= 15 is 0 Å². The van der Waals surface area contributed by atoms with Crippen molar-refractivity contribution in [1.82, 2.24) is 20.5 Å². The molecule has 216 valence electrons. The number of fused-ring (bicyclic) bond motifs is 1. The summed E-state index contributed by atoms with van der Waals surface area (Å²) in [6.45, 7) is -0.590. The van der Waals surface area contributed by atoms with Crippen LogP contribution in [0, 0.1) is 5.92 Å². The number of carbonyl (C=O) groups excluding carboxylic acids is 4. The largest absolute Gasteiger partial charge is 0.361 e. The third kappa shape index (κ3) is 6.78. The molecule has 1 aliphatic rings. The summed E-state index contributed by atoms with van der Waals surface area (Å²) in [5.41, 5.74) is 3.13. The highest BCUT2D eigenvalue weighted by atomic mass is 35.5. The molecule has 5 rings (SSSR count). The summed E-state index contributed by atoms with van der Waals surface area (Å²) in [5, 5.41) is 7.10. The molecule has 1 fully saturated rings. The van der Waals surface area contributed by atoms with Crippen LogP contribution in [0.25, 0.3) is 10.9 Å². The summed E-state index contributed by atoms with van der Waals surface area (Å²) in [4.78, 5) is 57.5. The van der Waals surface area contributed by atoms with Crippen molar-refractivity contribution in [2.45, 2.75) is 25.4 Å². The molecule has 1 saturated heterocycles. The van der Waals surface area contributed by atoms with Crippen LogP contribution in [0.3, 0.4) is 0 Å². The first-order chi connectivity index (χ1) is 20.2. The van der Waals surface area contributed by atoms with Crippen LogP contribution in [0.1, 0.15) is 16.7 Å². The fourth-order valence-corrected chi connectivity index (χ4v) is 5.73. The molecule has 0 bridgehead atoms. The van der Waals surface area contributed by atoms with Gasteiger partial charge in [0.05, 0.1) is 21.6 Å². The van der Waals surface area contributed by atoms with Gasteiger partial charge in [-0.15, -0.1) is 0 Å². The second-order valence-corrected chi connectivity index (χ2v) is 11.4. The van der Waals surface area contributed by atoms with E-state index in [0.717, 1.165) is 22.0 Å². The van der Waals surface area contributed by atoms with Crippen LogP contribution in [0.5, 0.6) is 0 Å². The van der Waals surface area contributed by atoms with E-state index in [4.69, 9.17) is 34.8 Å². The van der Waals surface area contributed by atoms with Crippen molar-refractivity contribution in [2.24, 2.45) is 5.92 Å². The van der Waals surface area contributed by atoms with Gasteiger partial charge in [-0.3, -0.25) is 19.2 Å². The van der Waals surface area contributed by atoms with Crippen molar-refractivity contribution in [3.05, 3.63) is 105 Å². The summed E-state index contributed by atoms with van der Waals surface area (Å²) >= 11 is 18.3. The summed E-state index contributed by atoms with van der Waals surface area (Å²) in [7, 11) is 0. The molecule has 3 N–H and O–H groups in total. The maximum Gasteiger partial charge on any atom is 0.246 e. The van der Waals surface area contributed by atoms with Crippen LogP contribution in [-0.4, -0.2) is 52.5 Å². The van der Waals surface area contributed by atoms with Gasteiger partial charge in [0.2, 0.25) is 17.7 Å². The number of piperazine rings is 1. The second kappa shape index (κ2) is 13.0. The lowest BCUT2D eigenvalue weighted by molar-refractivity contribution is -0.147. The average molecular weight is 626 g/mol.